The van der Waals surface area contributed by atoms with E-state index in [1.807, 2.05) is 42.5 Å². The molecule has 3 heteroatoms. The van der Waals surface area contributed by atoms with E-state index in [4.69, 9.17) is 15.9 Å². The van der Waals surface area contributed by atoms with Crippen LogP contribution in [0.2, 0.25) is 0 Å². The van der Waals surface area contributed by atoms with Gasteiger partial charge in [-0.15, -0.1) is 6.42 Å². The summed E-state index contributed by atoms with van der Waals surface area (Å²) in [5.41, 5.74) is 3.26. The summed E-state index contributed by atoms with van der Waals surface area (Å²) in [6.45, 7) is 1.56. The highest BCUT2D eigenvalue weighted by atomic mass is 16.5. The van der Waals surface area contributed by atoms with Crippen molar-refractivity contribution in [3.05, 3.63) is 59.7 Å². The van der Waals surface area contributed by atoms with Gasteiger partial charge in [0.05, 0.1) is 6.61 Å². The summed E-state index contributed by atoms with van der Waals surface area (Å²) >= 11 is 0. The third-order valence-electron chi connectivity index (χ3n) is 3.00. The second-order valence-electron chi connectivity index (χ2n) is 4.59. The number of methoxy groups -OCH3 is 1. The van der Waals surface area contributed by atoms with Gasteiger partial charge in [0, 0.05) is 24.9 Å². The molecule has 0 heterocycles. The van der Waals surface area contributed by atoms with Crippen LogP contribution in [-0.2, 0) is 17.9 Å². The van der Waals surface area contributed by atoms with Crippen LogP contribution in [0.15, 0.2) is 48.5 Å². The van der Waals surface area contributed by atoms with Gasteiger partial charge in [0.25, 0.3) is 0 Å². The Morgan fingerprint density at radius 3 is 2.81 bits per heavy atom. The molecule has 0 bridgehead atoms. The number of hydrogen-bond acceptors (Lipinski definition) is 3. The van der Waals surface area contributed by atoms with E-state index in [-0.39, 0.29) is 6.61 Å². The lowest BCUT2D eigenvalue weighted by Crippen LogP contribution is -2.04. The molecule has 0 aliphatic carbocycles. The minimum atomic E-state index is 0.278. The molecule has 1 N–H and O–H groups in total. The van der Waals surface area contributed by atoms with Gasteiger partial charge in [0.2, 0.25) is 0 Å². The molecule has 0 aromatic heterocycles. The molecular weight excluding hydrogens is 262 g/mol. The first kappa shape index (κ1) is 15.0. The zero-order valence-corrected chi connectivity index (χ0v) is 12.1. The zero-order chi connectivity index (χ0) is 14.9. The number of ether oxygens (including phenoxy) is 2. The van der Waals surface area contributed by atoms with E-state index < -0.39 is 0 Å². The third-order valence-corrected chi connectivity index (χ3v) is 3.00. The average Bonchev–Trinajstić information content (AvgIpc) is 2.52. The average molecular weight is 281 g/mol. The summed E-state index contributed by atoms with van der Waals surface area (Å²) in [4.78, 5) is 0. The molecule has 2 aromatic rings. The first-order valence-electron chi connectivity index (χ1n) is 6.79. The maximum atomic E-state index is 5.54. The molecule has 21 heavy (non-hydrogen) atoms. The Labute approximate surface area is 125 Å². The van der Waals surface area contributed by atoms with Crippen LogP contribution in [0.4, 0.5) is 5.69 Å². The van der Waals surface area contributed by atoms with E-state index >= 15 is 0 Å². The van der Waals surface area contributed by atoms with E-state index in [9.17, 15) is 0 Å². The minimum absolute atomic E-state index is 0.278. The largest absolute Gasteiger partial charge is 0.481 e. The van der Waals surface area contributed by atoms with Crippen molar-refractivity contribution in [2.75, 3.05) is 19.0 Å². The Kier molecular flexibility index (Phi) is 5.69. The molecule has 0 fully saturated rings. The molecule has 0 amide bonds. The summed E-state index contributed by atoms with van der Waals surface area (Å²) in [5.74, 6) is 3.30. The quantitative estimate of drug-likeness (QED) is 0.788. The summed E-state index contributed by atoms with van der Waals surface area (Å²) < 4.78 is 10.7. The van der Waals surface area contributed by atoms with Crippen LogP contribution in [0.5, 0.6) is 5.75 Å². The summed E-state index contributed by atoms with van der Waals surface area (Å²) in [5, 5.41) is 3.39. The molecule has 0 saturated heterocycles. The van der Waals surface area contributed by atoms with Crippen LogP contribution in [0.25, 0.3) is 0 Å². The number of benzene rings is 2. The molecule has 108 valence electrons. The van der Waals surface area contributed by atoms with Crippen LogP contribution >= 0.6 is 0 Å². The monoisotopic (exact) mass is 281 g/mol. The highest BCUT2D eigenvalue weighted by Crippen LogP contribution is 2.20. The Hall–Kier alpha value is -2.44. The third kappa shape index (κ3) is 4.55. The molecule has 2 rings (SSSR count). The van der Waals surface area contributed by atoms with Crippen molar-refractivity contribution in [1.29, 1.82) is 0 Å². The molecule has 0 radical (unpaired) electrons. The fourth-order valence-corrected chi connectivity index (χ4v) is 2.05. The maximum absolute atomic E-state index is 5.54. The number of rotatable bonds is 7. The second-order valence-corrected chi connectivity index (χ2v) is 4.59. The number of hydrogen-bond donors (Lipinski definition) is 1. The molecule has 2 aromatic carbocycles. The highest BCUT2D eigenvalue weighted by Gasteiger charge is 2.03. The topological polar surface area (TPSA) is 30.5 Å². The van der Waals surface area contributed by atoms with Crippen LogP contribution in [-0.4, -0.2) is 13.7 Å². The van der Waals surface area contributed by atoms with Gasteiger partial charge in [-0.2, -0.15) is 0 Å². The molecule has 0 spiro atoms. The van der Waals surface area contributed by atoms with Gasteiger partial charge >= 0.3 is 0 Å². The van der Waals surface area contributed by atoms with Crippen molar-refractivity contribution in [2.45, 2.75) is 13.2 Å². The van der Waals surface area contributed by atoms with E-state index in [2.05, 4.69) is 17.3 Å². The summed E-state index contributed by atoms with van der Waals surface area (Å²) in [6, 6.07) is 16.0. The molecule has 0 aliphatic rings. The number of terminal acetylenes is 1. The molecule has 0 atom stereocenters. The highest BCUT2D eigenvalue weighted by molar-refractivity contribution is 5.47. The van der Waals surface area contributed by atoms with Gasteiger partial charge in [-0.1, -0.05) is 36.3 Å². The van der Waals surface area contributed by atoms with Gasteiger partial charge in [-0.3, -0.25) is 0 Å². The van der Waals surface area contributed by atoms with E-state index in [0.29, 0.717) is 13.2 Å². The smallest absolute Gasteiger partial charge is 0.148 e. The SMILES string of the molecule is C#CCOc1ccccc1CNc1cccc(COC)c1. The lowest BCUT2D eigenvalue weighted by molar-refractivity contribution is 0.185. The van der Waals surface area contributed by atoms with Crippen molar-refractivity contribution in [3.8, 4) is 18.1 Å². The molecule has 0 unspecified atom stereocenters. The first-order valence-corrected chi connectivity index (χ1v) is 6.79. The number of nitrogens with one attached hydrogen (secondary N) is 1. The number of anilines is 1. The van der Waals surface area contributed by atoms with Crippen molar-refractivity contribution in [2.24, 2.45) is 0 Å². The Bertz CT molecular complexity index is 617. The Morgan fingerprint density at radius 1 is 1.14 bits per heavy atom. The minimum Gasteiger partial charge on any atom is -0.481 e. The molecule has 3 nitrogen and oxygen atoms in total. The van der Waals surface area contributed by atoms with Gasteiger partial charge < -0.3 is 14.8 Å². The van der Waals surface area contributed by atoms with Crippen LogP contribution in [0.3, 0.4) is 0 Å². The van der Waals surface area contributed by atoms with Gasteiger partial charge in [0.15, 0.2) is 0 Å². The van der Waals surface area contributed by atoms with Crippen molar-refractivity contribution in [3.63, 3.8) is 0 Å². The van der Waals surface area contributed by atoms with Gasteiger partial charge in [-0.25, -0.2) is 0 Å². The maximum Gasteiger partial charge on any atom is 0.148 e. The fraction of sp³-hybridized carbons (Fsp3) is 0.222. The predicted molar refractivity (Wildman–Crippen MR) is 85.3 cm³/mol. The molecule has 0 aliphatic heterocycles. The first-order chi connectivity index (χ1) is 10.3. The number of para-hydroxylation sites is 1. The zero-order valence-electron chi connectivity index (χ0n) is 12.1. The molecule has 0 saturated carbocycles. The van der Waals surface area contributed by atoms with Crippen molar-refractivity contribution < 1.29 is 9.47 Å². The van der Waals surface area contributed by atoms with Crippen LogP contribution < -0.4 is 10.1 Å². The summed E-state index contributed by atoms with van der Waals surface area (Å²) in [7, 11) is 1.69. The van der Waals surface area contributed by atoms with E-state index in [0.717, 1.165) is 22.6 Å². The lowest BCUT2D eigenvalue weighted by atomic mass is 10.1. The van der Waals surface area contributed by atoms with Crippen molar-refractivity contribution >= 4 is 5.69 Å². The fourth-order valence-electron chi connectivity index (χ4n) is 2.05. The Morgan fingerprint density at radius 2 is 2.00 bits per heavy atom. The van der Waals surface area contributed by atoms with Crippen LogP contribution in [0.1, 0.15) is 11.1 Å². The van der Waals surface area contributed by atoms with Crippen molar-refractivity contribution in [1.82, 2.24) is 0 Å². The lowest BCUT2D eigenvalue weighted by Gasteiger charge is -2.12. The Balaban J connectivity index is 2.02. The summed E-state index contributed by atoms with van der Waals surface area (Å²) in [6.07, 6.45) is 5.23. The van der Waals surface area contributed by atoms with E-state index in [1.54, 1.807) is 7.11 Å². The van der Waals surface area contributed by atoms with Crippen LogP contribution in [0, 0.1) is 12.3 Å². The normalized spacial score (nSPS) is 9.90. The van der Waals surface area contributed by atoms with E-state index in [1.165, 1.54) is 0 Å². The standard InChI is InChI=1S/C18H19NO2/c1-3-11-21-18-10-5-4-8-16(18)13-19-17-9-6-7-15(12-17)14-20-2/h1,4-10,12,19H,11,13-14H2,2H3. The van der Waals surface area contributed by atoms with Gasteiger partial charge in [-0.05, 0) is 23.8 Å². The van der Waals surface area contributed by atoms with Gasteiger partial charge in [0.1, 0.15) is 12.4 Å². The second kappa shape index (κ2) is 7.98. The predicted octanol–water partition coefficient (Wildman–Crippen LogP) is 3.46. The molecular formula is C18H19NO2.